The minimum atomic E-state index is -0.383. The van der Waals surface area contributed by atoms with Gasteiger partial charge in [0.2, 0.25) is 0 Å². The average molecular weight is 320 g/mol. The fourth-order valence-electron chi connectivity index (χ4n) is 2.39. The number of carbonyl (C=O) groups excluding carboxylic acids is 1. The number of H-pyrrole nitrogens is 1. The molecule has 0 fully saturated rings. The maximum absolute atomic E-state index is 12.2. The van der Waals surface area contributed by atoms with Crippen molar-refractivity contribution in [3.8, 4) is 5.75 Å². The molecule has 118 valence electrons. The van der Waals surface area contributed by atoms with Crippen molar-refractivity contribution >= 4 is 33.7 Å². The lowest BCUT2D eigenvalue weighted by Crippen LogP contribution is -2.14. The lowest BCUT2D eigenvalue weighted by atomic mass is 10.2. The number of ether oxygens (including phenoxy) is 1. The van der Waals surface area contributed by atoms with Crippen LogP contribution < -0.4 is 10.1 Å². The summed E-state index contributed by atoms with van der Waals surface area (Å²) in [6.07, 6.45) is 4.36. The third kappa shape index (κ3) is 2.39. The first-order valence-corrected chi connectivity index (χ1v) is 7.15. The number of hydrogen-bond acceptors (Lipinski definition) is 6. The molecule has 0 aliphatic carbocycles. The number of amides is 1. The van der Waals surface area contributed by atoms with Crippen LogP contribution in [0.15, 0.2) is 42.9 Å². The second kappa shape index (κ2) is 5.58. The Labute approximate surface area is 135 Å². The number of rotatable bonds is 3. The first-order chi connectivity index (χ1) is 11.7. The molecule has 1 amide bonds. The molecule has 0 atom stereocenters. The summed E-state index contributed by atoms with van der Waals surface area (Å²) in [5, 5.41) is 11.3. The van der Waals surface area contributed by atoms with Gasteiger partial charge in [-0.3, -0.25) is 14.9 Å². The van der Waals surface area contributed by atoms with E-state index in [-0.39, 0.29) is 11.6 Å². The number of benzene rings is 1. The molecule has 2 N–H and O–H groups in total. The van der Waals surface area contributed by atoms with Gasteiger partial charge in [0, 0.05) is 23.8 Å². The van der Waals surface area contributed by atoms with Gasteiger partial charge in [-0.25, -0.2) is 9.97 Å². The largest absolute Gasteiger partial charge is 0.497 e. The van der Waals surface area contributed by atoms with Crippen LogP contribution in [0.5, 0.6) is 5.75 Å². The van der Waals surface area contributed by atoms with Gasteiger partial charge in [0.1, 0.15) is 11.4 Å². The molecule has 4 aromatic rings. The van der Waals surface area contributed by atoms with Crippen LogP contribution in [0.25, 0.3) is 21.9 Å². The molecule has 24 heavy (non-hydrogen) atoms. The first-order valence-electron chi connectivity index (χ1n) is 7.15. The van der Waals surface area contributed by atoms with E-state index < -0.39 is 0 Å². The summed E-state index contributed by atoms with van der Waals surface area (Å²) in [6.45, 7) is 0. The third-order valence-corrected chi connectivity index (χ3v) is 3.58. The van der Waals surface area contributed by atoms with Crippen LogP contribution in [0.2, 0.25) is 0 Å². The highest BCUT2D eigenvalue weighted by Crippen LogP contribution is 2.26. The Morgan fingerprint density at radius 3 is 2.96 bits per heavy atom. The lowest BCUT2D eigenvalue weighted by molar-refractivity contribution is 0.102. The highest BCUT2D eigenvalue weighted by molar-refractivity contribution is 6.07. The van der Waals surface area contributed by atoms with E-state index in [9.17, 15) is 4.79 Å². The summed E-state index contributed by atoms with van der Waals surface area (Å²) in [4.78, 5) is 24.6. The SMILES string of the molecule is COc1ccc2cc3c(NC(=O)c4cnccn4)n[nH]c3nc2c1. The summed E-state index contributed by atoms with van der Waals surface area (Å²) in [5.41, 5.74) is 1.56. The van der Waals surface area contributed by atoms with Crippen molar-refractivity contribution in [3.05, 3.63) is 48.5 Å². The number of carbonyl (C=O) groups is 1. The maximum atomic E-state index is 12.2. The number of nitrogens with one attached hydrogen (secondary N) is 2. The molecule has 0 aliphatic rings. The zero-order valence-electron chi connectivity index (χ0n) is 12.6. The van der Waals surface area contributed by atoms with Crippen LogP contribution in [-0.4, -0.2) is 38.2 Å². The Bertz CT molecular complexity index is 1040. The molecule has 0 saturated carbocycles. The maximum Gasteiger partial charge on any atom is 0.277 e. The van der Waals surface area contributed by atoms with Gasteiger partial charge in [-0.05, 0) is 18.2 Å². The lowest BCUT2D eigenvalue weighted by Gasteiger charge is -2.03. The highest BCUT2D eigenvalue weighted by atomic mass is 16.5. The number of fused-ring (bicyclic) bond motifs is 2. The zero-order valence-corrected chi connectivity index (χ0v) is 12.6. The number of methoxy groups -OCH3 is 1. The fraction of sp³-hybridized carbons (Fsp3) is 0.0625. The zero-order chi connectivity index (χ0) is 16.5. The van der Waals surface area contributed by atoms with Gasteiger partial charge in [-0.15, -0.1) is 0 Å². The van der Waals surface area contributed by atoms with Crippen LogP contribution in [-0.2, 0) is 0 Å². The molecule has 8 nitrogen and oxygen atoms in total. The number of nitrogens with zero attached hydrogens (tertiary/aromatic N) is 4. The van der Waals surface area contributed by atoms with Crippen LogP contribution in [0.1, 0.15) is 10.5 Å². The number of pyridine rings is 1. The molecule has 3 heterocycles. The Balaban J connectivity index is 1.74. The minimum absolute atomic E-state index is 0.215. The van der Waals surface area contributed by atoms with Crippen molar-refractivity contribution < 1.29 is 9.53 Å². The Morgan fingerprint density at radius 1 is 1.25 bits per heavy atom. The van der Waals surface area contributed by atoms with E-state index in [0.717, 1.165) is 16.7 Å². The summed E-state index contributed by atoms with van der Waals surface area (Å²) in [6, 6.07) is 7.51. The fourth-order valence-corrected chi connectivity index (χ4v) is 2.39. The predicted molar refractivity (Wildman–Crippen MR) is 87.9 cm³/mol. The third-order valence-electron chi connectivity index (χ3n) is 3.58. The predicted octanol–water partition coefficient (Wildman–Crippen LogP) is 2.16. The molecular weight excluding hydrogens is 308 g/mol. The first kappa shape index (κ1) is 14.1. The van der Waals surface area contributed by atoms with Crippen LogP contribution in [0.4, 0.5) is 5.82 Å². The smallest absolute Gasteiger partial charge is 0.277 e. The van der Waals surface area contributed by atoms with Crippen LogP contribution >= 0.6 is 0 Å². The van der Waals surface area contributed by atoms with Crippen molar-refractivity contribution in [2.24, 2.45) is 0 Å². The van der Waals surface area contributed by atoms with Crippen molar-refractivity contribution in [1.29, 1.82) is 0 Å². The number of aromatic nitrogens is 5. The van der Waals surface area contributed by atoms with Crippen molar-refractivity contribution in [3.63, 3.8) is 0 Å². The van der Waals surface area contributed by atoms with E-state index in [0.29, 0.717) is 16.9 Å². The van der Waals surface area contributed by atoms with Crippen molar-refractivity contribution in [2.75, 3.05) is 12.4 Å². The number of aromatic amines is 1. The Morgan fingerprint density at radius 2 is 2.17 bits per heavy atom. The molecule has 1 aromatic carbocycles. The number of hydrogen-bond donors (Lipinski definition) is 2. The second-order valence-electron chi connectivity index (χ2n) is 5.06. The Hall–Kier alpha value is -3.55. The molecule has 0 unspecified atom stereocenters. The summed E-state index contributed by atoms with van der Waals surface area (Å²) < 4.78 is 5.21. The van der Waals surface area contributed by atoms with E-state index in [4.69, 9.17) is 4.74 Å². The molecule has 0 aliphatic heterocycles. The molecule has 0 bridgehead atoms. The van der Waals surface area contributed by atoms with Crippen molar-refractivity contribution in [2.45, 2.75) is 0 Å². The quantitative estimate of drug-likeness (QED) is 0.599. The van der Waals surface area contributed by atoms with Gasteiger partial charge in [-0.2, -0.15) is 5.10 Å². The summed E-state index contributed by atoms with van der Waals surface area (Å²) >= 11 is 0. The second-order valence-corrected chi connectivity index (χ2v) is 5.06. The monoisotopic (exact) mass is 320 g/mol. The normalized spacial score (nSPS) is 10.9. The molecule has 0 saturated heterocycles. The summed E-state index contributed by atoms with van der Waals surface area (Å²) in [7, 11) is 1.61. The number of anilines is 1. The van der Waals surface area contributed by atoms with Crippen molar-refractivity contribution in [1.82, 2.24) is 25.1 Å². The molecule has 8 heteroatoms. The van der Waals surface area contributed by atoms with Gasteiger partial charge in [0.15, 0.2) is 11.5 Å². The van der Waals surface area contributed by atoms with E-state index in [1.165, 1.54) is 18.6 Å². The average Bonchev–Trinajstić information content (AvgIpc) is 3.01. The van der Waals surface area contributed by atoms with Gasteiger partial charge < -0.3 is 10.1 Å². The molecule has 0 spiro atoms. The van der Waals surface area contributed by atoms with Crippen LogP contribution in [0.3, 0.4) is 0 Å². The molecule has 4 rings (SSSR count). The van der Waals surface area contributed by atoms with Gasteiger partial charge in [-0.1, -0.05) is 0 Å². The van der Waals surface area contributed by atoms with E-state index in [1.807, 2.05) is 24.3 Å². The van der Waals surface area contributed by atoms with Gasteiger partial charge in [0.25, 0.3) is 5.91 Å². The van der Waals surface area contributed by atoms with Gasteiger partial charge >= 0.3 is 0 Å². The molecule has 3 aromatic heterocycles. The Kier molecular flexibility index (Phi) is 3.27. The van der Waals surface area contributed by atoms with E-state index >= 15 is 0 Å². The van der Waals surface area contributed by atoms with E-state index in [2.05, 4.69) is 30.5 Å². The minimum Gasteiger partial charge on any atom is -0.497 e. The summed E-state index contributed by atoms with van der Waals surface area (Å²) in [5.74, 6) is 0.738. The topological polar surface area (TPSA) is 106 Å². The molecule has 0 radical (unpaired) electrons. The van der Waals surface area contributed by atoms with E-state index in [1.54, 1.807) is 7.11 Å². The van der Waals surface area contributed by atoms with Crippen LogP contribution in [0, 0.1) is 0 Å². The van der Waals surface area contributed by atoms with Gasteiger partial charge in [0.05, 0.1) is 24.2 Å². The standard InChI is InChI=1S/C16H12N6O2/c1-24-10-3-2-9-6-11-14(19-12(9)7-10)21-22-15(11)20-16(23)13-8-17-4-5-18-13/h2-8H,1H3,(H2,19,20,21,22,23). The highest BCUT2D eigenvalue weighted by Gasteiger charge is 2.14. The molecular formula is C16H12N6O2.